The van der Waals surface area contributed by atoms with Crippen LogP contribution in [0.4, 0.5) is 11.4 Å². The summed E-state index contributed by atoms with van der Waals surface area (Å²) < 4.78 is 11.6. The topological polar surface area (TPSA) is 113 Å². The molecule has 0 aliphatic carbocycles. The highest BCUT2D eigenvalue weighted by atomic mass is 32.2. The van der Waals surface area contributed by atoms with Gasteiger partial charge in [0.2, 0.25) is 0 Å². The summed E-state index contributed by atoms with van der Waals surface area (Å²) in [6, 6.07) is 14.7. The highest BCUT2D eigenvalue weighted by Gasteiger charge is 2.20. The molecule has 35 heavy (non-hydrogen) atoms. The van der Waals surface area contributed by atoms with Crippen LogP contribution in [0.1, 0.15) is 23.6 Å². The van der Waals surface area contributed by atoms with Gasteiger partial charge in [-0.2, -0.15) is 15.8 Å². The molecule has 0 saturated carbocycles. The van der Waals surface area contributed by atoms with E-state index in [1.807, 2.05) is 74.4 Å². The maximum absolute atomic E-state index is 12.3. The van der Waals surface area contributed by atoms with Crippen molar-refractivity contribution < 1.29 is 14.3 Å². The lowest BCUT2D eigenvalue weighted by atomic mass is 10.1. The molecular weight excluding hydrogens is 462 g/mol. The first-order chi connectivity index (χ1) is 16.6. The van der Waals surface area contributed by atoms with Gasteiger partial charge in [0.05, 0.1) is 22.8 Å². The summed E-state index contributed by atoms with van der Waals surface area (Å²) in [4.78, 5) is 16.6. The second kappa shape index (κ2) is 12.4. The van der Waals surface area contributed by atoms with Crippen LogP contribution in [-0.2, 0) is 9.53 Å². The number of nitrogens with zero attached hydrogens (tertiary/aromatic N) is 5. The van der Waals surface area contributed by atoms with Gasteiger partial charge in [0, 0.05) is 67.9 Å². The molecule has 9 heteroatoms. The molecule has 2 aromatic carbocycles. The fourth-order valence-corrected chi connectivity index (χ4v) is 3.95. The number of hydrogen-bond donors (Lipinski definition) is 0. The fourth-order valence-electron chi connectivity index (χ4n) is 2.92. The summed E-state index contributed by atoms with van der Waals surface area (Å²) in [5, 5.41) is 28.2. The minimum Gasteiger partial charge on any atom is -0.490 e. The zero-order valence-electron chi connectivity index (χ0n) is 20.5. The van der Waals surface area contributed by atoms with Crippen LogP contribution in [0.2, 0.25) is 0 Å². The number of ether oxygens (including phenoxy) is 2. The molecule has 0 saturated heterocycles. The quantitative estimate of drug-likeness (QED) is 0.276. The van der Waals surface area contributed by atoms with E-state index in [0.29, 0.717) is 10.6 Å². The maximum atomic E-state index is 12.3. The van der Waals surface area contributed by atoms with Crippen molar-refractivity contribution in [2.75, 3.05) is 50.4 Å². The average molecular weight is 490 g/mol. The number of anilines is 2. The molecule has 0 bridgehead atoms. The molecular formula is C26H27N5O3S. The molecule has 0 aliphatic rings. The van der Waals surface area contributed by atoms with E-state index in [-0.39, 0.29) is 34.6 Å². The normalized spacial score (nSPS) is 10.8. The van der Waals surface area contributed by atoms with Crippen LogP contribution < -0.4 is 14.5 Å². The molecule has 0 aromatic heterocycles. The highest BCUT2D eigenvalue weighted by Crippen LogP contribution is 2.30. The van der Waals surface area contributed by atoms with Crippen molar-refractivity contribution in [2.24, 2.45) is 0 Å². The summed E-state index contributed by atoms with van der Waals surface area (Å²) in [5.74, 6) is 0.272. The molecule has 0 N–H and O–H groups in total. The predicted octanol–water partition coefficient (Wildman–Crippen LogP) is 4.09. The Morgan fingerprint density at radius 3 is 1.94 bits per heavy atom. The Morgan fingerprint density at radius 1 is 0.971 bits per heavy atom. The molecule has 0 radical (unpaired) electrons. The lowest BCUT2D eigenvalue weighted by Gasteiger charge is -2.22. The second-order valence-electron chi connectivity index (χ2n) is 8.14. The van der Waals surface area contributed by atoms with E-state index in [0.717, 1.165) is 11.4 Å². The fraction of sp³-hybridized carbons (Fsp3) is 0.308. The smallest absolute Gasteiger partial charge is 0.333 e. The van der Waals surface area contributed by atoms with Gasteiger partial charge in [0.15, 0.2) is 0 Å². The zero-order valence-corrected chi connectivity index (χ0v) is 21.3. The molecule has 1 atom stereocenters. The van der Waals surface area contributed by atoms with Gasteiger partial charge in [0.25, 0.3) is 0 Å². The number of nitriles is 3. The molecule has 0 fully saturated rings. The van der Waals surface area contributed by atoms with Crippen LogP contribution in [-0.4, -0.2) is 52.6 Å². The zero-order chi connectivity index (χ0) is 26.1. The first kappa shape index (κ1) is 27.1. The van der Waals surface area contributed by atoms with Crippen molar-refractivity contribution in [3.63, 3.8) is 0 Å². The second-order valence-corrected chi connectivity index (χ2v) is 9.17. The number of carbonyl (C=O) groups excluding carboxylic acids is 1. The van der Waals surface area contributed by atoms with Crippen LogP contribution in [0.5, 0.6) is 5.75 Å². The van der Waals surface area contributed by atoms with E-state index in [1.165, 1.54) is 23.9 Å². The van der Waals surface area contributed by atoms with Crippen molar-refractivity contribution in [3.8, 4) is 24.0 Å². The number of benzene rings is 2. The Morgan fingerprint density at radius 2 is 1.51 bits per heavy atom. The lowest BCUT2D eigenvalue weighted by Crippen LogP contribution is -2.28. The minimum atomic E-state index is -0.691. The van der Waals surface area contributed by atoms with Crippen LogP contribution in [0, 0.1) is 34.0 Å². The number of rotatable bonds is 10. The van der Waals surface area contributed by atoms with Gasteiger partial charge in [-0.05, 0) is 25.1 Å². The molecule has 2 aromatic rings. The molecule has 0 amide bonds. The molecule has 8 nitrogen and oxygen atoms in total. The number of esters is 1. The molecule has 0 aliphatic heterocycles. The summed E-state index contributed by atoms with van der Waals surface area (Å²) in [5.41, 5.74) is 2.81. The first-order valence-corrected chi connectivity index (χ1v) is 11.6. The minimum absolute atomic E-state index is 0.0514. The van der Waals surface area contributed by atoms with Crippen LogP contribution in [0.15, 0.2) is 47.4 Å². The predicted molar refractivity (Wildman–Crippen MR) is 137 cm³/mol. The van der Waals surface area contributed by atoms with Crippen molar-refractivity contribution in [2.45, 2.75) is 17.9 Å². The van der Waals surface area contributed by atoms with E-state index in [1.54, 1.807) is 6.92 Å². The van der Waals surface area contributed by atoms with Crippen LogP contribution in [0.3, 0.4) is 0 Å². The Kier molecular flexibility index (Phi) is 9.58. The van der Waals surface area contributed by atoms with Gasteiger partial charge >= 0.3 is 5.97 Å². The average Bonchev–Trinajstić information content (AvgIpc) is 2.84. The molecule has 180 valence electrons. The Labute approximate surface area is 210 Å². The number of hydrogen-bond acceptors (Lipinski definition) is 9. The van der Waals surface area contributed by atoms with Crippen LogP contribution >= 0.6 is 11.8 Å². The van der Waals surface area contributed by atoms with Gasteiger partial charge < -0.3 is 19.3 Å². The number of thioether (sulfide) groups is 1. The summed E-state index contributed by atoms with van der Waals surface area (Å²) in [6.45, 7) is 5.24. The summed E-state index contributed by atoms with van der Waals surface area (Å²) >= 11 is 1.20. The van der Waals surface area contributed by atoms with E-state index >= 15 is 0 Å². The van der Waals surface area contributed by atoms with Crippen molar-refractivity contribution in [3.05, 3.63) is 59.2 Å². The Hall–Kier alpha value is -4.13. The van der Waals surface area contributed by atoms with Crippen molar-refractivity contribution in [1.82, 2.24) is 0 Å². The van der Waals surface area contributed by atoms with Crippen molar-refractivity contribution >= 4 is 29.1 Å². The Bertz CT molecular complexity index is 1170. The van der Waals surface area contributed by atoms with Gasteiger partial charge in [0.1, 0.15) is 30.6 Å². The standard InChI is InChI=1S/C26H27N5O3S/c1-17(2)26(32)34-24(15-33-23-10-21(30(3)4)9-22(11-23)31(5)6)16-35-25-19(13-28)7-18(12-27)8-20(25)14-29/h7-11,24H,1,15-16H2,2-6H3. The van der Waals surface area contributed by atoms with Gasteiger partial charge in [-0.25, -0.2) is 4.79 Å². The van der Waals surface area contributed by atoms with Gasteiger partial charge in [-0.15, -0.1) is 11.8 Å². The van der Waals surface area contributed by atoms with E-state index in [2.05, 4.69) is 6.58 Å². The van der Waals surface area contributed by atoms with E-state index in [9.17, 15) is 15.3 Å². The molecule has 1 unspecified atom stereocenters. The van der Waals surface area contributed by atoms with E-state index in [4.69, 9.17) is 14.7 Å². The summed E-state index contributed by atoms with van der Waals surface area (Å²) in [6.07, 6.45) is -0.691. The lowest BCUT2D eigenvalue weighted by molar-refractivity contribution is -0.144. The molecule has 0 spiro atoms. The molecule has 2 rings (SSSR count). The third-order valence-electron chi connectivity index (χ3n) is 4.84. The van der Waals surface area contributed by atoms with Crippen molar-refractivity contribution in [1.29, 1.82) is 15.8 Å². The van der Waals surface area contributed by atoms with Gasteiger partial charge in [-0.3, -0.25) is 0 Å². The first-order valence-electron chi connectivity index (χ1n) is 10.6. The summed E-state index contributed by atoms with van der Waals surface area (Å²) in [7, 11) is 7.74. The molecule has 0 heterocycles. The maximum Gasteiger partial charge on any atom is 0.333 e. The third kappa shape index (κ3) is 7.43. The monoisotopic (exact) mass is 489 g/mol. The SMILES string of the molecule is C=C(C)C(=O)OC(COc1cc(N(C)C)cc(N(C)C)c1)CSc1c(C#N)cc(C#N)cc1C#N. The third-order valence-corrected chi connectivity index (χ3v) is 6.11. The van der Waals surface area contributed by atoms with E-state index < -0.39 is 12.1 Å². The largest absolute Gasteiger partial charge is 0.490 e. The van der Waals surface area contributed by atoms with Gasteiger partial charge in [-0.1, -0.05) is 6.58 Å². The highest BCUT2D eigenvalue weighted by molar-refractivity contribution is 7.99. The van der Waals surface area contributed by atoms with Crippen LogP contribution in [0.25, 0.3) is 0 Å². The number of carbonyl (C=O) groups is 1. The Balaban J connectivity index is 2.29.